The number of aromatic nitrogens is 3. The smallest absolute Gasteiger partial charge is 0.354 e. The van der Waals surface area contributed by atoms with Gasteiger partial charge in [-0.1, -0.05) is 0 Å². The summed E-state index contributed by atoms with van der Waals surface area (Å²) in [7, 11) is 0. The van der Waals surface area contributed by atoms with Gasteiger partial charge in [-0.3, -0.25) is 0 Å². The van der Waals surface area contributed by atoms with Crippen molar-refractivity contribution in [1.29, 1.82) is 0 Å². The third-order valence-corrected chi connectivity index (χ3v) is 2.86. The van der Waals surface area contributed by atoms with Gasteiger partial charge in [-0.05, 0) is 6.92 Å². The van der Waals surface area contributed by atoms with E-state index in [1.54, 1.807) is 0 Å². The van der Waals surface area contributed by atoms with Gasteiger partial charge in [-0.2, -0.15) is 18.3 Å². The second-order valence-electron chi connectivity index (χ2n) is 3.88. The third kappa shape index (κ3) is 2.75. The van der Waals surface area contributed by atoms with Gasteiger partial charge in [0.1, 0.15) is 5.52 Å². The first kappa shape index (κ1) is 13.9. The maximum absolute atomic E-state index is 12.7. The van der Waals surface area contributed by atoms with Gasteiger partial charge in [-0.25, -0.2) is 9.50 Å². The Morgan fingerprint density at radius 1 is 1.42 bits per heavy atom. The van der Waals surface area contributed by atoms with Crippen LogP contribution in [0.1, 0.15) is 12.6 Å². The first-order valence-corrected chi connectivity index (χ1v) is 6.23. The normalized spacial score (nSPS) is 12.1. The van der Waals surface area contributed by atoms with E-state index in [2.05, 4.69) is 10.1 Å². The number of fused-ring (bicyclic) bond motifs is 1. The van der Waals surface area contributed by atoms with Crippen molar-refractivity contribution in [3.8, 4) is 0 Å². The highest BCUT2D eigenvalue weighted by molar-refractivity contribution is 6.18. The Morgan fingerprint density at radius 3 is 2.74 bits per heavy atom. The standard InChI is InChI=1S/C11H12ClF3N4/c1-2-18(5-3-12)10-8-7-9(11(13,14)15)17-19(8)6-4-16-10/h4,6-7H,2-3,5H2,1H3. The van der Waals surface area contributed by atoms with Crippen LogP contribution in [-0.4, -0.2) is 33.6 Å². The summed E-state index contributed by atoms with van der Waals surface area (Å²) < 4.78 is 39.2. The molecule has 0 N–H and O–H groups in total. The minimum Gasteiger partial charge on any atom is -0.354 e. The summed E-state index contributed by atoms with van der Waals surface area (Å²) >= 11 is 5.68. The van der Waals surface area contributed by atoms with Crippen molar-refractivity contribution in [2.24, 2.45) is 0 Å². The van der Waals surface area contributed by atoms with E-state index in [4.69, 9.17) is 11.6 Å². The largest absolute Gasteiger partial charge is 0.435 e. The number of hydrogen-bond donors (Lipinski definition) is 0. The van der Waals surface area contributed by atoms with E-state index in [1.165, 1.54) is 16.9 Å². The third-order valence-electron chi connectivity index (χ3n) is 2.70. The monoisotopic (exact) mass is 292 g/mol. The van der Waals surface area contributed by atoms with Crippen molar-refractivity contribution in [3.05, 3.63) is 24.2 Å². The van der Waals surface area contributed by atoms with Gasteiger partial charge in [0, 0.05) is 37.4 Å². The fourth-order valence-corrected chi connectivity index (χ4v) is 2.01. The molecule has 0 saturated heterocycles. The van der Waals surface area contributed by atoms with Crippen LogP contribution in [0.5, 0.6) is 0 Å². The van der Waals surface area contributed by atoms with Crippen molar-refractivity contribution in [1.82, 2.24) is 14.6 Å². The van der Waals surface area contributed by atoms with E-state index >= 15 is 0 Å². The zero-order chi connectivity index (χ0) is 14.0. The van der Waals surface area contributed by atoms with E-state index in [0.717, 1.165) is 6.07 Å². The molecule has 2 aromatic rings. The van der Waals surface area contributed by atoms with Crippen molar-refractivity contribution >= 4 is 22.9 Å². The van der Waals surface area contributed by atoms with Crippen LogP contribution >= 0.6 is 11.6 Å². The number of rotatable bonds is 4. The highest BCUT2D eigenvalue weighted by atomic mass is 35.5. The molecule has 0 saturated carbocycles. The average Bonchev–Trinajstić information content (AvgIpc) is 2.79. The fraction of sp³-hybridized carbons (Fsp3) is 0.455. The highest BCUT2D eigenvalue weighted by Gasteiger charge is 2.34. The maximum Gasteiger partial charge on any atom is 0.435 e. The SMILES string of the molecule is CCN(CCCl)c1nccn2nc(C(F)(F)F)cc12. The van der Waals surface area contributed by atoms with Crippen molar-refractivity contribution in [2.75, 3.05) is 23.9 Å². The molecule has 19 heavy (non-hydrogen) atoms. The zero-order valence-electron chi connectivity index (χ0n) is 10.2. The van der Waals surface area contributed by atoms with E-state index in [9.17, 15) is 13.2 Å². The molecule has 4 nitrogen and oxygen atoms in total. The number of halogens is 4. The first-order chi connectivity index (χ1) is 8.97. The predicted octanol–water partition coefficient (Wildman–Crippen LogP) is 2.81. The van der Waals surface area contributed by atoms with Crippen LogP contribution in [0.3, 0.4) is 0 Å². The molecular weight excluding hydrogens is 281 g/mol. The lowest BCUT2D eigenvalue weighted by atomic mass is 10.3. The van der Waals surface area contributed by atoms with Crippen molar-refractivity contribution in [2.45, 2.75) is 13.1 Å². The number of nitrogens with zero attached hydrogens (tertiary/aromatic N) is 4. The van der Waals surface area contributed by atoms with E-state index in [0.29, 0.717) is 30.3 Å². The van der Waals surface area contributed by atoms with Crippen LogP contribution in [0, 0.1) is 0 Å². The second kappa shape index (κ2) is 5.24. The molecule has 0 unspecified atom stereocenters. The summed E-state index contributed by atoms with van der Waals surface area (Å²) in [6.45, 7) is 3.00. The van der Waals surface area contributed by atoms with E-state index < -0.39 is 11.9 Å². The predicted molar refractivity (Wildman–Crippen MR) is 66.6 cm³/mol. The van der Waals surface area contributed by atoms with Crippen LogP contribution in [0.25, 0.3) is 5.52 Å². The molecule has 0 radical (unpaired) electrons. The van der Waals surface area contributed by atoms with Gasteiger partial charge in [0.05, 0.1) is 0 Å². The van der Waals surface area contributed by atoms with Gasteiger partial charge < -0.3 is 4.90 Å². The fourth-order valence-electron chi connectivity index (χ4n) is 1.81. The van der Waals surface area contributed by atoms with E-state index in [-0.39, 0.29) is 0 Å². The van der Waals surface area contributed by atoms with Gasteiger partial charge in [0.2, 0.25) is 0 Å². The van der Waals surface area contributed by atoms with Gasteiger partial charge in [0.15, 0.2) is 11.5 Å². The summed E-state index contributed by atoms with van der Waals surface area (Å²) in [5.41, 5.74) is -0.606. The van der Waals surface area contributed by atoms with Crippen LogP contribution in [0.15, 0.2) is 18.5 Å². The number of anilines is 1. The molecule has 0 bridgehead atoms. The molecule has 8 heteroatoms. The quantitative estimate of drug-likeness (QED) is 0.813. The van der Waals surface area contributed by atoms with E-state index in [1.807, 2.05) is 11.8 Å². The van der Waals surface area contributed by atoms with Crippen LogP contribution in [0.4, 0.5) is 19.0 Å². The lowest BCUT2D eigenvalue weighted by molar-refractivity contribution is -0.141. The van der Waals surface area contributed by atoms with Gasteiger partial charge in [-0.15, -0.1) is 11.6 Å². The number of hydrogen-bond acceptors (Lipinski definition) is 3. The molecule has 0 aliphatic rings. The minimum absolute atomic E-state index is 0.321. The van der Waals surface area contributed by atoms with Crippen molar-refractivity contribution in [3.63, 3.8) is 0 Å². The molecular formula is C11H12ClF3N4. The first-order valence-electron chi connectivity index (χ1n) is 5.70. The molecule has 2 aromatic heterocycles. The summed E-state index contributed by atoms with van der Waals surface area (Å²) in [5.74, 6) is 0.824. The molecule has 104 valence electrons. The Labute approximate surface area is 112 Å². The average molecular weight is 293 g/mol. The van der Waals surface area contributed by atoms with Crippen molar-refractivity contribution < 1.29 is 13.2 Å². The summed E-state index contributed by atoms with van der Waals surface area (Å²) in [6.07, 6.45) is -1.65. The van der Waals surface area contributed by atoms with Crippen LogP contribution in [-0.2, 0) is 6.18 Å². The molecule has 0 amide bonds. The topological polar surface area (TPSA) is 33.4 Å². The summed E-state index contributed by atoms with van der Waals surface area (Å²) in [6, 6.07) is 0.999. The molecule has 0 aliphatic carbocycles. The van der Waals surface area contributed by atoms with Crippen LogP contribution in [0.2, 0.25) is 0 Å². The molecule has 2 heterocycles. The Morgan fingerprint density at radius 2 is 2.16 bits per heavy atom. The molecule has 0 spiro atoms. The van der Waals surface area contributed by atoms with Gasteiger partial charge in [0.25, 0.3) is 0 Å². The molecule has 2 rings (SSSR count). The summed E-state index contributed by atoms with van der Waals surface area (Å²) in [5, 5.41) is 3.51. The lowest BCUT2D eigenvalue weighted by Gasteiger charge is -2.20. The highest BCUT2D eigenvalue weighted by Crippen LogP contribution is 2.30. The van der Waals surface area contributed by atoms with Gasteiger partial charge >= 0.3 is 6.18 Å². The number of alkyl halides is 4. The Balaban J connectivity index is 2.53. The second-order valence-corrected chi connectivity index (χ2v) is 4.25. The molecule has 0 atom stereocenters. The molecule has 0 fully saturated rings. The Hall–Kier alpha value is -1.50. The molecule has 0 aromatic carbocycles. The minimum atomic E-state index is -4.47. The zero-order valence-corrected chi connectivity index (χ0v) is 10.9. The molecule has 0 aliphatic heterocycles. The maximum atomic E-state index is 12.7. The van der Waals surface area contributed by atoms with Crippen LogP contribution < -0.4 is 4.90 Å². The lowest BCUT2D eigenvalue weighted by Crippen LogP contribution is -2.26. The Kier molecular flexibility index (Phi) is 3.84. The summed E-state index contributed by atoms with van der Waals surface area (Å²) in [4.78, 5) is 5.94. The Bertz CT molecular complexity index is 567.